The zero-order chi connectivity index (χ0) is 19.0. The standard InChI is InChI=1S/C22H23NO5/c24-21(22(8-9-22)17-4-2-1-3-5-17)23(14-20-25-10-11-26-20)13-16-6-7-18-19(12-16)28-15-27-18/h1-7,12,20H,8-11,13-15H2. The zero-order valence-electron chi connectivity index (χ0n) is 15.6. The molecule has 1 saturated carbocycles. The van der Waals surface area contributed by atoms with E-state index in [1.807, 2.05) is 53.4 Å². The first kappa shape index (κ1) is 17.5. The molecule has 2 heterocycles. The summed E-state index contributed by atoms with van der Waals surface area (Å²) in [6.07, 6.45) is 1.38. The van der Waals surface area contributed by atoms with Crippen LogP contribution in [-0.4, -0.2) is 43.6 Å². The fourth-order valence-electron chi connectivity index (χ4n) is 3.98. The smallest absolute Gasteiger partial charge is 0.233 e. The van der Waals surface area contributed by atoms with Crippen molar-refractivity contribution in [1.82, 2.24) is 4.90 Å². The quantitative estimate of drug-likeness (QED) is 0.770. The highest BCUT2D eigenvalue weighted by Gasteiger charge is 2.53. The first-order valence-corrected chi connectivity index (χ1v) is 9.71. The van der Waals surface area contributed by atoms with Crippen molar-refractivity contribution >= 4 is 5.91 Å². The van der Waals surface area contributed by atoms with Crippen LogP contribution in [0.25, 0.3) is 0 Å². The molecule has 2 aromatic carbocycles. The van der Waals surface area contributed by atoms with Crippen LogP contribution in [0.2, 0.25) is 0 Å². The number of carbonyl (C=O) groups excluding carboxylic acids is 1. The molecule has 2 fully saturated rings. The topological polar surface area (TPSA) is 57.2 Å². The van der Waals surface area contributed by atoms with E-state index >= 15 is 0 Å². The molecule has 0 aromatic heterocycles. The van der Waals surface area contributed by atoms with Gasteiger partial charge in [0.05, 0.1) is 25.2 Å². The molecule has 0 unspecified atom stereocenters. The van der Waals surface area contributed by atoms with E-state index in [9.17, 15) is 4.79 Å². The van der Waals surface area contributed by atoms with Crippen molar-refractivity contribution in [3.05, 3.63) is 59.7 Å². The van der Waals surface area contributed by atoms with Crippen LogP contribution < -0.4 is 9.47 Å². The molecular weight excluding hydrogens is 358 g/mol. The van der Waals surface area contributed by atoms with Gasteiger partial charge < -0.3 is 23.8 Å². The summed E-state index contributed by atoms with van der Waals surface area (Å²) in [6.45, 7) is 2.28. The van der Waals surface area contributed by atoms with Gasteiger partial charge >= 0.3 is 0 Å². The highest BCUT2D eigenvalue weighted by atomic mass is 16.7. The number of amides is 1. The Balaban J connectivity index is 1.40. The molecule has 6 heteroatoms. The van der Waals surface area contributed by atoms with Crippen LogP contribution in [0.3, 0.4) is 0 Å². The van der Waals surface area contributed by atoms with E-state index in [1.54, 1.807) is 0 Å². The Kier molecular flexibility index (Phi) is 4.45. The molecule has 5 rings (SSSR count). The monoisotopic (exact) mass is 381 g/mol. The lowest BCUT2D eigenvalue weighted by Gasteiger charge is -2.29. The Morgan fingerprint density at radius 1 is 1.00 bits per heavy atom. The third kappa shape index (κ3) is 3.23. The number of hydrogen-bond acceptors (Lipinski definition) is 5. The van der Waals surface area contributed by atoms with E-state index in [0.717, 1.165) is 35.5 Å². The van der Waals surface area contributed by atoms with Crippen molar-refractivity contribution in [2.75, 3.05) is 26.6 Å². The number of carbonyl (C=O) groups is 1. The Labute approximate surface area is 163 Å². The van der Waals surface area contributed by atoms with Gasteiger partial charge in [0.2, 0.25) is 12.7 Å². The van der Waals surface area contributed by atoms with Gasteiger partial charge in [-0.3, -0.25) is 4.79 Å². The van der Waals surface area contributed by atoms with E-state index in [4.69, 9.17) is 18.9 Å². The third-order valence-corrected chi connectivity index (χ3v) is 5.64. The normalized spacial score (nSPS) is 19.6. The molecule has 1 amide bonds. The van der Waals surface area contributed by atoms with Crippen molar-refractivity contribution in [1.29, 1.82) is 0 Å². The van der Waals surface area contributed by atoms with E-state index in [-0.39, 0.29) is 19.0 Å². The molecule has 0 radical (unpaired) electrons. The molecule has 6 nitrogen and oxygen atoms in total. The number of fused-ring (bicyclic) bond motifs is 1. The number of benzene rings is 2. The van der Waals surface area contributed by atoms with Crippen LogP contribution in [0.15, 0.2) is 48.5 Å². The van der Waals surface area contributed by atoms with Crippen LogP contribution in [-0.2, 0) is 26.2 Å². The molecule has 28 heavy (non-hydrogen) atoms. The predicted octanol–water partition coefficient (Wildman–Crippen LogP) is 2.85. The number of nitrogens with zero attached hydrogens (tertiary/aromatic N) is 1. The van der Waals surface area contributed by atoms with Gasteiger partial charge in [-0.05, 0) is 36.1 Å². The van der Waals surface area contributed by atoms with Crippen molar-refractivity contribution in [2.45, 2.75) is 31.1 Å². The van der Waals surface area contributed by atoms with E-state index in [2.05, 4.69) is 0 Å². The molecule has 1 saturated heterocycles. The van der Waals surface area contributed by atoms with Gasteiger partial charge in [-0.25, -0.2) is 0 Å². The fourth-order valence-corrected chi connectivity index (χ4v) is 3.98. The Bertz CT molecular complexity index is 858. The van der Waals surface area contributed by atoms with Crippen molar-refractivity contribution in [2.24, 2.45) is 0 Å². The second kappa shape index (κ2) is 7.11. The lowest BCUT2D eigenvalue weighted by atomic mass is 9.94. The lowest BCUT2D eigenvalue weighted by Crippen LogP contribution is -2.43. The third-order valence-electron chi connectivity index (χ3n) is 5.64. The maximum atomic E-state index is 13.6. The van der Waals surface area contributed by atoms with Crippen LogP contribution in [0, 0.1) is 0 Å². The molecule has 2 aromatic rings. The highest BCUT2D eigenvalue weighted by Crippen LogP contribution is 2.50. The van der Waals surface area contributed by atoms with Gasteiger partial charge in [0.25, 0.3) is 0 Å². The summed E-state index contributed by atoms with van der Waals surface area (Å²) in [6, 6.07) is 15.9. The Hall–Kier alpha value is -2.57. The van der Waals surface area contributed by atoms with Crippen LogP contribution in [0.1, 0.15) is 24.0 Å². The van der Waals surface area contributed by atoms with Gasteiger partial charge in [-0.15, -0.1) is 0 Å². The number of rotatable bonds is 6. The Morgan fingerprint density at radius 2 is 1.75 bits per heavy atom. The first-order valence-electron chi connectivity index (χ1n) is 9.71. The van der Waals surface area contributed by atoms with Gasteiger partial charge in [0.1, 0.15) is 0 Å². The maximum absolute atomic E-state index is 13.6. The van der Waals surface area contributed by atoms with Crippen molar-refractivity contribution in [3.63, 3.8) is 0 Å². The summed E-state index contributed by atoms with van der Waals surface area (Å²) in [5.74, 6) is 1.60. The molecule has 0 atom stereocenters. The number of ether oxygens (including phenoxy) is 4. The predicted molar refractivity (Wildman–Crippen MR) is 101 cm³/mol. The lowest BCUT2D eigenvalue weighted by molar-refractivity contribution is -0.141. The van der Waals surface area contributed by atoms with Crippen LogP contribution in [0.5, 0.6) is 11.5 Å². The van der Waals surface area contributed by atoms with E-state index in [0.29, 0.717) is 26.3 Å². The van der Waals surface area contributed by atoms with Gasteiger partial charge in [-0.1, -0.05) is 36.4 Å². The molecule has 146 valence electrons. The fraction of sp³-hybridized carbons (Fsp3) is 0.409. The summed E-state index contributed by atoms with van der Waals surface area (Å²) in [4.78, 5) is 15.5. The minimum atomic E-state index is -0.420. The van der Waals surface area contributed by atoms with Crippen LogP contribution >= 0.6 is 0 Å². The van der Waals surface area contributed by atoms with Gasteiger partial charge in [0, 0.05) is 6.54 Å². The minimum Gasteiger partial charge on any atom is -0.454 e. The first-order chi connectivity index (χ1) is 13.7. The van der Waals surface area contributed by atoms with Gasteiger partial charge in [-0.2, -0.15) is 0 Å². The highest BCUT2D eigenvalue weighted by molar-refractivity contribution is 5.91. The molecule has 1 aliphatic carbocycles. The molecule has 2 aliphatic heterocycles. The molecule has 3 aliphatic rings. The van der Waals surface area contributed by atoms with Crippen molar-refractivity contribution in [3.8, 4) is 11.5 Å². The summed E-state index contributed by atoms with van der Waals surface area (Å²) in [7, 11) is 0. The molecule has 0 spiro atoms. The maximum Gasteiger partial charge on any atom is 0.233 e. The average Bonchev–Trinajstić information content (AvgIpc) is 3.13. The van der Waals surface area contributed by atoms with Crippen molar-refractivity contribution < 1.29 is 23.7 Å². The van der Waals surface area contributed by atoms with E-state index in [1.165, 1.54) is 0 Å². The summed E-state index contributed by atoms with van der Waals surface area (Å²) in [5.41, 5.74) is 1.67. The average molecular weight is 381 g/mol. The largest absolute Gasteiger partial charge is 0.454 e. The number of hydrogen-bond donors (Lipinski definition) is 0. The Morgan fingerprint density at radius 3 is 2.50 bits per heavy atom. The molecule has 0 bridgehead atoms. The summed E-state index contributed by atoms with van der Waals surface area (Å²) in [5, 5.41) is 0. The van der Waals surface area contributed by atoms with E-state index < -0.39 is 5.41 Å². The summed E-state index contributed by atoms with van der Waals surface area (Å²) >= 11 is 0. The second-order valence-corrected chi connectivity index (χ2v) is 7.49. The minimum absolute atomic E-state index is 0.135. The second-order valence-electron chi connectivity index (χ2n) is 7.49. The van der Waals surface area contributed by atoms with Gasteiger partial charge in [0.15, 0.2) is 17.8 Å². The zero-order valence-corrected chi connectivity index (χ0v) is 15.6. The summed E-state index contributed by atoms with van der Waals surface area (Å²) < 4.78 is 22.1. The van der Waals surface area contributed by atoms with Crippen LogP contribution in [0.4, 0.5) is 0 Å². The SMILES string of the molecule is O=C(N(Cc1ccc2c(c1)OCO2)CC1OCCO1)C1(c2ccccc2)CC1. The molecular formula is C22H23NO5. The molecule has 0 N–H and O–H groups in total.